The fraction of sp³-hybridized carbons (Fsp3) is 0.769. The number of hydrogen-bond acceptors (Lipinski definition) is 4. The summed E-state index contributed by atoms with van der Waals surface area (Å²) in [4.78, 5) is 14.0. The molecule has 1 saturated heterocycles. The Bertz CT molecular complexity index is 448. The number of nitrogens with zero attached hydrogens (tertiary/aromatic N) is 4. The van der Waals surface area contributed by atoms with E-state index in [2.05, 4.69) is 15.6 Å². The van der Waals surface area contributed by atoms with Crippen molar-refractivity contribution in [3.63, 3.8) is 0 Å². The van der Waals surface area contributed by atoms with Crippen molar-refractivity contribution < 1.29 is 4.79 Å². The first-order chi connectivity index (χ1) is 9.24. The number of hydrogen-bond donors (Lipinski definition) is 1. The molecule has 6 nitrogen and oxygen atoms in total. The van der Waals surface area contributed by atoms with Crippen LogP contribution in [0, 0.1) is 5.92 Å². The smallest absolute Gasteiger partial charge is 0.275 e. The summed E-state index contributed by atoms with van der Waals surface area (Å²) in [5, 5.41) is 11.5. The molecular formula is C13H21N5O. The van der Waals surface area contributed by atoms with Gasteiger partial charge in [-0.15, -0.1) is 5.10 Å². The molecule has 19 heavy (non-hydrogen) atoms. The Morgan fingerprint density at radius 1 is 1.42 bits per heavy atom. The van der Waals surface area contributed by atoms with E-state index in [1.54, 1.807) is 4.90 Å². The summed E-state index contributed by atoms with van der Waals surface area (Å²) < 4.78 is 1.86. The summed E-state index contributed by atoms with van der Waals surface area (Å²) >= 11 is 0. The summed E-state index contributed by atoms with van der Waals surface area (Å²) in [6, 6.07) is 0.379. The summed E-state index contributed by atoms with van der Waals surface area (Å²) in [6.45, 7) is 2.86. The molecule has 104 valence electrons. The van der Waals surface area contributed by atoms with Gasteiger partial charge in [0.2, 0.25) is 0 Å². The summed E-state index contributed by atoms with van der Waals surface area (Å²) in [5.41, 5.74) is 0.474. The highest BCUT2D eigenvalue weighted by atomic mass is 16.2. The van der Waals surface area contributed by atoms with E-state index in [1.807, 2.05) is 17.9 Å². The van der Waals surface area contributed by atoms with Crippen molar-refractivity contribution in [2.45, 2.75) is 31.7 Å². The number of rotatable bonds is 4. The van der Waals surface area contributed by atoms with Gasteiger partial charge in [-0.3, -0.25) is 4.79 Å². The van der Waals surface area contributed by atoms with Gasteiger partial charge >= 0.3 is 0 Å². The predicted molar refractivity (Wildman–Crippen MR) is 70.8 cm³/mol. The van der Waals surface area contributed by atoms with Crippen molar-refractivity contribution in [3.8, 4) is 0 Å². The Morgan fingerprint density at radius 2 is 2.16 bits per heavy atom. The third kappa shape index (κ3) is 2.94. The lowest BCUT2D eigenvalue weighted by molar-refractivity contribution is 0.0783. The Kier molecular flexibility index (Phi) is 3.50. The molecule has 2 fully saturated rings. The quantitative estimate of drug-likeness (QED) is 0.868. The van der Waals surface area contributed by atoms with E-state index in [9.17, 15) is 4.79 Å². The minimum absolute atomic E-state index is 0.00733. The van der Waals surface area contributed by atoms with Crippen LogP contribution in [0.4, 0.5) is 0 Å². The highest BCUT2D eigenvalue weighted by Crippen LogP contribution is 2.29. The topological polar surface area (TPSA) is 63.1 Å². The van der Waals surface area contributed by atoms with Crippen LogP contribution in [0.1, 0.15) is 42.2 Å². The molecule has 3 rings (SSSR count). The maximum absolute atomic E-state index is 12.2. The van der Waals surface area contributed by atoms with Crippen molar-refractivity contribution >= 4 is 5.91 Å². The van der Waals surface area contributed by atoms with Crippen molar-refractivity contribution in [2.24, 2.45) is 5.92 Å². The molecule has 2 heterocycles. The third-order valence-corrected chi connectivity index (χ3v) is 3.99. The van der Waals surface area contributed by atoms with Crippen molar-refractivity contribution in [2.75, 3.05) is 26.7 Å². The second kappa shape index (κ2) is 5.28. The van der Waals surface area contributed by atoms with E-state index in [1.165, 1.54) is 12.8 Å². The van der Waals surface area contributed by atoms with Gasteiger partial charge in [-0.1, -0.05) is 5.21 Å². The maximum Gasteiger partial charge on any atom is 0.275 e. The molecule has 0 spiro atoms. The number of nitrogens with one attached hydrogen (secondary N) is 1. The Balaban J connectivity index is 1.64. The van der Waals surface area contributed by atoms with Gasteiger partial charge in [-0.05, 0) is 44.7 Å². The highest BCUT2D eigenvalue weighted by molar-refractivity contribution is 5.91. The standard InChI is InChI=1S/C13H21N5O/c1-17(8-10-2-3-10)13(19)12-9-18(16-15-12)11-4-6-14-7-5-11/h9-11,14H,2-8H2,1H3. The molecule has 6 heteroatoms. The Labute approximate surface area is 113 Å². The van der Waals surface area contributed by atoms with Gasteiger partial charge in [0.05, 0.1) is 12.2 Å². The molecule has 0 bridgehead atoms. The molecule has 1 aliphatic carbocycles. The summed E-state index contributed by atoms with van der Waals surface area (Å²) in [7, 11) is 1.85. The molecule has 1 aromatic heterocycles. The van der Waals surface area contributed by atoms with E-state index < -0.39 is 0 Å². The lowest BCUT2D eigenvalue weighted by atomic mass is 10.1. The number of carbonyl (C=O) groups excluding carboxylic acids is 1. The molecule has 2 aliphatic rings. The third-order valence-electron chi connectivity index (χ3n) is 3.99. The van der Waals surface area contributed by atoms with Gasteiger partial charge in [0.15, 0.2) is 5.69 Å². The van der Waals surface area contributed by atoms with Crippen molar-refractivity contribution in [1.29, 1.82) is 0 Å². The fourth-order valence-electron chi connectivity index (χ4n) is 2.59. The Morgan fingerprint density at radius 3 is 2.84 bits per heavy atom. The summed E-state index contributed by atoms with van der Waals surface area (Å²) in [5.74, 6) is 0.695. The van der Waals surface area contributed by atoms with Gasteiger partial charge in [-0.25, -0.2) is 4.68 Å². The van der Waals surface area contributed by atoms with Crippen LogP contribution in [0.2, 0.25) is 0 Å². The first-order valence-electron chi connectivity index (χ1n) is 7.12. The molecule has 1 N–H and O–H groups in total. The molecular weight excluding hydrogens is 242 g/mol. The lowest BCUT2D eigenvalue weighted by Crippen LogP contribution is -2.30. The molecule has 1 amide bonds. The number of aromatic nitrogens is 3. The van der Waals surface area contributed by atoms with Crippen LogP contribution in [0.25, 0.3) is 0 Å². The molecule has 1 aliphatic heterocycles. The molecule has 0 aromatic carbocycles. The zero-order chi connectivity index (χ0) is 13.2. The van der Waals surface area contributed by atoms with Gasteiger partial charge < -0.3 is 10.2 Å². The predicted octanol–water partition coefficient (Wildman–Crippen LogP) is 0.685. The zero-order valence-electron chi connectivity index (χ0n) is 11.4. The first kappa shape index (κ1) is 12.6. The number of carbonyl (C=O) groups is 1. The van der Waals surface area contributed by atoms with E-state index in [4.69, 9.17) is 0 Å². The second-order valence-corrected chi connectivity index (χ2v) is 5.69. The van der Waals surface area contributed by atoms with E-state index >= 15 is 0 Å². The van der Waals surface area contributed by atoms with Crippen LogP contribution in [-0.2, 0) is 0 Å². The van der Waals surface area contributed by atoms with E-state index in [0.29, 0.717) is 17.7 Å². The van der Waals surface area contributed by atoms with Crippen LogP contribution >= 0.6 is 0 Å². The molecule has 0 unspecified atom stereocenters. The van der Waals surface area contributed by atoms with Gasteiger partial charge in [-0.2, -0.15) is 0 Å². The average Bonchev–Trinajstić information content (AvgIpc) is 3.12. The van der Waals surface area contributed by atoms with Crippen LogP contribution < -0.4 is 5.32 Å². The minimum atomic E-state index is -0.00733. The SMILES string of the molecule is CN(CC1CC1)C(=O)c1cn(C2CCNCC2)nn1. The number of piperidine rings is 1. The largest absolute Gasteiger partial charge is 0.340 e. The van der Waals surface area contributed by atoms with E-state index in [-0.39, 0.29) is 5.91 Å². The zero-order valence-corrected chi connectivity index (χ0v) is 11.4. The van der Waals surface area contributed by atoms with Gasteiger partial charge in [0.25, 0.3) is 5.91 Å². The van der Waals surface area contributed by atoms with Gasteiger partial charge in [0, 0.05) is 13.6 Å². The molecule has 0 radical (unpaired) electrons. The second-order valence-electron chi connectivity index (χ2n) is 5.69. The summed E-state index contributed by atoms with van der Waals surface area (Å²) in [6.07, 6.45) is 6.41. The maximum atomic E-state index is 12.2. The fourth-order valence-corrected chi connectivity index (χ4v) is 2.59. The monoisotopic (exact) mass is 263 g/mol. The van der Waals surface area contributed by atoms with E-state index in [0.717, 1.165) is 32.5 Å². The molecule has 1 saturated carbocycles. The highest BCUT2D eigenvalue weighted by Gasteiger charge is 2.26. The van der Waals surface area contributed by atoms with Crippen LogP contribution in [0.5, 0.6) is 0 Å². The van der Waals surface area contributed by atoms with Crippen molar-refractivity contribution in [3.05, 3.63) is 11.9 Å². The first-order valence-corrected chi connectivity index (χ1v) is 7.12. The van der Waals surface area contributed by atoms with Crippen LogP contribution in [-0.4, -0.2) is 52.5 Å². The normalized spacial score (nSPS) is 20.5. The number of amides is 1. The van der Waals surface area contributed by atoms with Gasteiger partial charge in [0.1, 0.15) is 0 Å². The van der Waals surface area contributed by atoms with Crippen LogP contribution in [0.3, 0.4) is 0 Å². The van der Waals surface area contributed by atoms with Crippen molar-refractivity contribution in [1.82, 2.24) is 25.2 Å². The minimum Gasteiger partial charge on any atom is -0.340 e. The lowest BCUT2D eigenvalue weighted by Gasteiger charge is -2.22. The van der Waals surface area contributed by atoms with Crippen LogP contribution in [0.15, 0.2) is 6.20 Å². The molecule has 0 atom stereocenters. The average molecular weight is 263 g/mol. The Hall–Kier alpha value is -1.43. The molecule has 1 aromatic rings.